The van der Waals surface area contributed by atoms with Gasteiger partial charge in [-0.15, -0.1) is 0 Å². The Morgan fingerprint density at radius 1 is 1.25 bits per heavy atom. The number of rotatable bonds is 2. The number of fused-ring (bicyclic) bond motifs is 1. The molecule has 0 spiro atoms. The van der Waals surface area contributed by atoms with Crippen LogP contribution < -0.4 is 10.1 Å². The van der Waals surface area contributed by atoms with Crippen molar-refractivity contribution in [1.29, 1.82) is 0 Å². The second kappa shape index (κ2) is 5.73. The Kier molecular flexibility index (Phi) is 3.81. The topological polar surface area (TPSA) is 41.6 Å². The van der Waals surface area contributed by atoms with Gasteiger partial charge in [0.1, 0.15) is 5.75 Å². The summed E-state index contributed by atoms with van der Waals surface area (Å²) in [5.41, 5.74) is 0.969. The van der Waals surface area contributed by atoms with Gasteiger partial charge in [0.2, 0.25) is 0 Å². The molecule has 0 radical (unpaired) electrons. The molecule has 1 atom stereocenters. The van der Waals surface area contributed by atoms with Gasteiger partial charge in [-0.2, -0.15) is 0 Å². The Bertz CT molecular complexity index is 483. The molecule has 1 aliphatic carbocycles. The smallest absolute Gasteiger partial charge is 0.265 e. The van der Waals surface area contributed by atoms with E-state index in [2.05, 4.69) is 5.32 Å². The number of anilines is 1. The first-order valence-corrected chi connectivity index (χ1v) is 7.52. The molecule has 0 aromatic heterocycles. The first-order valence-electron chi connectivity index (χ1n) is 7.52. The number of ether oxygens (including phenoxy) is 1. The predicted octanol–water partition coefficient (Wildman–Crippen LogP) is 2.65. The zero-order valence-corrected chi connectivity index (χ0v) is 12.0. The molecule has 4 heteroatoms. The van der Waals surface area contributed by atoms with Gasteiger partial charge in [-0.05, 0) is 25.0 Å². The van der Waals surface area contributed by atoms with Gasteiger partial charge in [0.15, 0.2) is 6.10 Å². The first-order chi connectivity index (χ1) is 9.75. The molecule has 1 heterocycles. The fraction of sp³-hybridized carbons (Fsp3) is 0.562. The van der Waals surface area contributed by atoms with Crippen LogP contribution in [0.5, 0.6) is 5.75 Å². The van der Waals surface area contributed by atoms with E-state index in [1.165, 1.54) is 19.3 Å². The van der Waals surface area contributed by atoms with E-state index in [4.69, 9.17) is 4.74 Å². The van der Waals surface area contributed by atoms with Crippen molar-refractivity contribution in [2.24, 2.45) is 0 Å². The number of nitrogens with one attached hydrogen (secondary N) is 1. The van der Waals surface area contributed by atoms with E-state index in [0.717, 1.165) is 24.3 Å². The van der Waals surface area contributed by atoms with Crippen LogP contribution in [0.2, 0.25) is 0 Å². The van der Waals surface area contributed by atoms with Gasteiger partial charge < -0.3 is 15.0 Å². The van der Waals surface area contributed by atoms with E-state index in [-0.39, 0.29) is 5.91 Å². The average Bonchev–Trinajstić information content (AvgIpc) is 2.54. The van der Waals surface area contributed by atoms with Crippen LogP contribution >= 0.6 is 0 Å². The van der Waals surface area contributed by atoms with Crippen LogP contribution in [0.1, 0.15) is 32.1 Å². The highest BCUT2D eigenvalue weighted by atomic mass is 16.5. The summed E-state index contributed by atoms with van der Waals surface area (Å²) in [7, 11) is 1.92. The molecule has 0 bridgehead atoms. The number of nitrogens with zero attached hydrogens (tertiary/aromatic N) is 1. The third kappa shape index (κ3) is 2.60. The highest BCUT2D eigenvalue weighted by molar-refractivity contribution is 5.83. The van der Waals surface area contributed by atoms with E-state index >= 15 is 0 Å². The molecule has 1 amide bonds. The van der Waals surface area contributed by atoms with E-state index in [1.54, 1.807) is 0 Å². The second-order valence-electron chi connectivity index (χ2n) is 5.72. The number of amides is 1. The van der Waals surface area contributed by atoms with E-state index < -0.39 is 6.10 Å². The normalized spacial score (nSPS) is 22.4. The molecule has 20 heavy (non-hydrogen) atoms. The Balaban J connectivity index is 1.66. The predicted molar refractivity (Wildman–Crippen MR) is 79.0 cm³/mol. The zero-order chi connectivity index (χ0) is 13.9. The lowest BCUT2D eigenvalue weighted by Gasteiger charge is -2.35. The van der Waals surface area contributed by atoms with Crippen LogP contribution in [0.3, 0.4) is 0 Å². The van der Waals surface area contributed by atoms with Crippen molar-refractivity contribution in [3.63, 3.8) is 0 Å². The second-order valence-corrected chi connectivity index (χ2v) is 5.72. The van der Waals surface area contributed by atoms with E-state index in [0.29, 0.717) is 12.6 Å². The van der Waals surface area contributed by atoms with E-state index in [1.807, 2.05) is 36.2 Å². The Labute approximate surface area is 120 Å². The lowest BCUT2D eigenvalue weighted by atomic mass is 9.94. The first kappa shape index (κ1) is 13.3. The molecule has 1 aliphatic heterocycles. The van der Waals surface area contributed by atoms with Gasteiger partial charge in [0.05, 0.1) is 12.2 Å². The van der Waals surface area contributed by atoms with Gasteiger partial charge in [-0.25, -0.2) is 0 Å². The van der Waals surface area contributed by atoms with Crippen LogP contribution in [0, 0.1) is 0 Å². The third-order valence-electron chi connectivity index (χ3n) is 4.38. The molecular formula is C16H22N2O2. The van der Waals surface area contributed by atoms with Gasteiger partial charge in [0.25, 0.3) is 5.91 Å². The number of hydrogen-bond donors (Lipinski definition) is 1. The number of carbonyl (C=O) groups is 1. The summed E-state index contributed by atoms with van der Waals surface area (Å²) >= 11 is 0. The molecule has 1 aromatic rings. The fourth-order valence-corrected chi connectivity index (χ4v) is 3.13. The largest absolute Gasteiger partial charge is 0.477 e. The molecule has 1 saturated carbocycles. The third-order valence-corrected chi connectivity index (χ3v) is 4.38. The van der Waals surface area contributed by atoms with Crippen LogP contribution in [0.25, 0.3) is 0 Å². The number of carbonyl (C=O) groups excluding carboxylic acids is 1. The maximum atomic E-state index is 12.6. The summed E-state index contributed by atoms with van der Waals surface area (Å²) < 4.78 is 5.85. The molecule has 108 valence electrons. The number of likely N-dealkylation sites (N-methyl/N-ethyl adjacent to an activating group) is 1. The van der Waals surface area contributed by atoms with Crippen molar-refractivity contribution < 1.29 is 9.53 Å². The summed E-state index contributed by atoms with van der Waals surface area (Å²) in [6, 6.07) is 8.16. The number of para-hydroxylation sites is 2. The van der Waals surface area contributed by atoms with Crippen LogP contribution in [-0.4, -0.2) is 36.5 Å². The molecule has 2 aliphatic rings. The van der Waals surface area contributed by atoms with Crippen molar-refractivity contribution in [3.8, 4) is 5.75 Å². The van der Waals surface area contributed by atoms with Crippen LogP contribution in [0.15, 0.2) is 24.3 Å². The molecule has 0 saturated heterocycles. The summed E-state index contributed by atoms with van der Waals surface area (Å²) in [5.74, 6) is 0.869. The molecule has 1 fully saturated rings. The van der Waals surface area contributed by atoms with Crippen molar-refractivity contribution in [3.05, 3.63) is 24.3 Å². The Morgan fingerprint density at radius 2 is 2.00 bits per heavy atom. The number of benzene rings is 1. The average molecular weight is 274 g/mol. The quantitative estimate of drug-likeness (QED) is 0.901. The van der Waals surface area contributed by atoms with Crippen molar-refractivity contribution in [1.82, 2.24) is 4.90 Å². The number of hydrogen-bond acceptors (Lipinski definition) is 3. The van der Waals surface area contributed by atoms with Crippen LogP contribution in [-0.2, 0) is 4.79 Å². The van der Waals surface area contributed by atoms with Crippen molar-refractivity contribution >= 4 is 11.6 Å². The fourth-order valence-electron chi connectivity index (χ4n) is 3.13. The maximum Gasteiger partial charge on any atom is 0.265 e. The molecule has 1 unspecified atom stereocenters. The minimum Gasteiger partial charge on any atom is -0.477 e. The SMILES string of the molecule is CN(C(=O)C1CNc2ccccc2O1)C1CCCCC1. The Hall–Kier alpha value is -1.71. The molecule has 1 aromatic carbocycles. The summed E-state index contributed by atoms with van der Waals surface area (Å²) in [4.78, 5) is 14.5. The lowest BCUT2D eigenvalue weighted by molar-refractivity contribution is -0.139. The van der Waals surface area contributed by atoms with Crippen molar-refractivity contribution in [2.75, 3.05) is 18.9 Å². The van der Waals surface area contributed by atoms with Crippen molar-refractivity contribution in [2.45, 2.75) is 44.2 Å². The molecule has 4 nitrogen and oxygen atoms in total. The van der Waals surface area contributed by atoms with E-state index in [9.17, 15) is 4.79 Å². The van der Waals surface area contributed by atoms with Crippen LogP contribution in [0.4, 0.5) is 5.69 Å². The highest BCUT2D eigenvalue weighted by Crippen LogP contribution is 2.29. The summed E-state index contributed by atoms with van der Waals surface area (Å²) in [6.45, 7) is 0.549. The highest BCUT2D eigenvalue weighted by Gasteiger charge is 2.31. The zero-order valence-electron chi connectivity index (χ0n) is 12.0. The van der Waals surface area contributed by atoms with Gasteiger partial charge >= 0.3 is 0 Å². The Morgan fingerprint density at radius 3 is 2.80 bits per heavy atom. The van der Waals surface area contributed by atoms with Gasteiger partial charge in [-0.1, -0.05) is 31.4 Å². The molecular weight excluding hydrogens is 252 g/mol. The minimum atomic E-state index is -0.406. The lowest BCUT2D eigenvalue weighted by Crippen LogP contribution is -2.49. The van der Waals surface area contributed by atoms with Gasteiger partial charge in [-0.3, -0.25) is 4.79 Å². The maximum absolute atomic E-state index is 12.6. The summed E-state index contributed by atoms with van der Waals surface area (Å²) in [5, 5.41) is 3.28. The molecule has 1 N–H and O–H groups in total. The summed E-state index contributed by atoms with van der Waals surface area (Å²) in [6.07, 6.45) is 5.60. The minimum absolute atomic E-state index is 0.0962. The standard InChI is InChI=1S/C16H22N2O2/c1-18(12-7-3-2-4-8-12)16(19)15-11-17-13-9-5-6-10-14(13)20-15/h5-6,9-10,12,15,17H,2-4,7-8,11H2,1H3. The van der Waals surface area contributed by atoms with Gasteiger partial charge in [0, 0.05) is 13.1 Å². The monoisotopic (exact) mass is 274 g/mol. The molecule has 3 rings (SSSR count).